The number of carbonyl (C=O) groups is 1. The number of hydrogen-bond acceptors (Lipinski definition) is 4. The molecule has 0 aliphatic carbocycles. The lowest BCUT2D eigenvalue weighted by Gasteiger charge is -2.19. The maximum absolute atomic E-state index is 12.9. The molecular weight excluding hydrogens is 311 g/mol. The zero-order chi connectivity index (χ0) is 17.7. The second kappa shape index (κ2) is 7.43. The van der Waals surface area contributed by atoms with E-state index >= 15 is 0 Å². The van der Waals surface area contributed by atoms with E-state index in [2.05, 4.69) is 10.6 Å². The van der Waals surface area contributed by atoms with Crippen LogP contribution < -0.4 is 16.4 Å². The maximum Gasteiger partial charge on any atom is 0.418 e. The molecule has 0 fully saturated rings. The number of benzene rings is 1. The van der Waals surface area contributed by atoms with Crippen LogP contribution in [-0.2, 0) is 10.9 Å². The number of halogens is 3. The van der Waals surface area contributed by atoms with E-state index in [1.807, 2.05) is 0 Å². The number of ether oxygens (including phenoxy) is 1. The van der Waals surface area contributed by atoms with Crippen molar-refractivity contribution in [3.8, 4) is 0 Å². The highest BCUT2D eigenvalue weighted by molar-refractivity contribution is 5.67. The number of hydrogen-bond donors (Lipinski definition) is 3. The van der Waals surface area contributed by atoms with Crippen LogP contribution in [0.4, 0.5) is 29.3 Å². The van der Waals surface area contributed by atoms with Crippen molar-refractivity contribution in [2.45, 2.75) is 39.0 Å². The Balaban J connectivity index is 2.44. The van der Waals surface area contributed by atoms with Crippen LogP contribution in [0.15, 0.2) is 18.2 Å². The molecule has 1 amide bonds. The molecule has 0 spiro atoms. The number of alkyl halides is 3. The van der Waals surface area contributed by atoms with Crippen molar-refractivity contribution in [1.82, 2.24) is 5.32 Å². The van der Waals surface area contributed by atoms with Crippen molar-refractivity contribution >= 4 is 17.5 Å². The quantitative estimate of drug-likeness (QED) is 0.568. The van der Waals surface area contributed by atoms with Crippen LogP contribution in [0, 0.1) is 0 Å². The van der Waals surface area contributed by atoms with Gasteiger partial charge >= 0.3 is 12.3 Å². The van der Waals surface area contributed by atoms with E-state index in [4.69, 9.17) is 10.5 Å². The average molecular weight is 333 g/mol. The summed E-state index contributed by atoms with van der Waals surface area (Å²) in [4.78, 5) is 11.4. The molecule has 5 nitrogen and oxygen atoms in total. The predicted molar refractivity (Wildman–Crippen MR) is 83.2 cm³/mol. The molecule has 0 saturated heterocycles. The fourth-order valence-corrected chi connectivity index (χ4v) is 1.77. The molecule has 0 aromatic heterocycles. The second-order valence-corrected chi connectivity index (χ2v) is 6.01. The monoisotopic (exact) mass is 333 g/mol. The number of amides is 1. The highest BCUT2D eigenvalue weighted by Crippen LogP contribution is 2.35. The van der Waals surface area contributed by atoms with Gasteiger partial charge in [0.25, 0.3) is 0 Å². The van der Waals surface area contributed by atoms with E-state index < -0.39 is 23.4 Å². The molecular formula is C15H22F3N3O2. The number of nitrogen functional groups attached to an aromatic ring is 1. The van der Waals surface area contributed by atoms with E-state index in [9.17, 15) is 18.0 Å². The van der Waals surface area contributed by atoms with Crippen LogP contribution >= 0.6 is 0 Å². The first-order chi connectivity index (χ1) is 10.5. The van der Waals surface area contributed by atoms with E-state index in [1.54, 1.807) is 20.8 Å². The van der Waals surface area contributed by atoms with Crippen LogP contribution in [0.2, 0.25) is 0 Å². The topological polar surface area (TPSA) is 76.4 Å². The summed E-state index contributed by atoms with van der Waals surface area (Å²) < 4.78 is 43.7. The minimum absolute atomic E-state index is 0.0380. The number of rotatable bonds is 5. The van der Waals surface area contributed by atoms with Crippen LogP contribution in [0.3, 0.4) is 0 Å². The molecule has 0 heterocycles. The van der Waals surface area contributed by atoms with Crippen LogP contribution in [0.5, 0.6) is 0 Å². The minimum atomic E-state index is -4.48. The van der Waals surface area contributed by atoms with Gasteiger partial charge in [0.05, 0.1) is 5.56 Å². The highest BCUT2D eigenvalue weighted by Gasteiger charge is 2.33. The van der Waals surface area contributed by atoms with Gasteiger partial charge in [0.1, 0.15) is 5.60 Å². The van der Waals surface area contributed by atoms with Gasteiger partial charge in [-0.1, -0.05) is 0 Å². The molecule has 1 aromatic carbocycles. The summed E-state index contributed by atoms with van der Waals surface area (Å²) in [6.45, 7) is 5.79. The van der Waals surface area contributed by atoms with Gasteiger partial charge in [0, 0.05) is 24.5 Å². The highest BCUT2D eigenvalue weighted by atomic mass is 19.4. The number of anilines is 2. The zero-order valence-corrected chi connectivity index (χ0v) is 13.4. The van der Waals surface area contributed by atoms with Crippen LogP contribution in [0.1, 0.15) is 32.8 Å². The molecule has 0 saturated carbocycles. The molecule has 0 bridgehead atoms. The third kappa shape index (κ3) is 7.12. The molecule has 8 heteroatoms. The van der Waals surface area contributed by atoms with E-state index in [0.717, 1.165) is 6.07 Å². The average Bonchev–Trinajstić information content (AvgIpc) is 2.36. The molecule has 4 N–H and O–H groups in total. The lowest BCUT2D eigenvalue weighted by molar-refractivity contribution is -0.136. The Bertz CT molecular complexity index is 540. The summed E-state index contributed by atoms with van der Waals surface area (Å²) in [5, 5.41) is 5.24. The Morgan fingerprint density at radius 1 is 1.22 bits per heavy atom. The largest absolute Gasteiger partial charge is 0.444 e. The molecule has 1 rings (SSSR count). The summed E-state index contributed by atoms with van der Waals surface area (Å²) in [5.41, 5.74) is 4.01. The van der Waals surface area contributed by atoms with E-state index in [0.29, 0.717) is 6.42 Å². The normalized spacial score (nSPS) is 11.9. The molecule has 0 aliphatic rings. The van der Waals surface area contributed by atoms with Gasteiger partial charge in [-0.2, -0.15) is 13.2 Å². The molecule has 0 atom stereocenters. The van der Waals surface area contributed by atoms with Gasteiger partial charge in [0.15, 0.2) is 0 Å². The second-order valence-electron chi connectivity index (χ2n) is 6.01. The van der Waals surface area contributed by atoms with Crippen molar-refractivity contribution < 1.29 is 22.7 Å². The summed E-state index contributed by atoms with van der Waals surface area (Å²) in [5.74, 6) is 0. The molecule has 0 unspecified atom stereocenters. The standard InChI is InChI=1S/C15H22F3N3O2/c1-14(2,3)23-13(22)21-8-4-7-20-12-6-5-10(19)9-11(12)15(16,17)18/h5-6,9,20H,4,7-8,19H2,1-3H3,(H,21,22). The predicted octanol–water partition coefficient (Wildman–Crippen LogP) is 3.61. The number of alkyl carbamates (subject to hydrolysis) is 1. The fourth-order valence-electron chi connectivity index (χ4n) is 1.77. The third-order valence-corrected chi connectivity index (χ3v) is 2.69. The molecule has 130 valence electrons. The molecule has 23 heavy (non-hydrogen) atoms. The van der Waals surface area contributed by atoms with Gasteiger partial charge in [0.2, 0.25) is 0 Å². The summed E-state index contributed by atoms with van der Waals surface area (Å²) >= 11 is 0. The van der Waals surface area contributed by atoms with E-state index in [1.165, 1.54) is 12.1 Å². The summed E-state index contributed by atoms with van der Waals surface area (Å²) in [7, 11) is 0. The first-order valence-corrected chi connectivity index (χ1v) is 7.16. The van der Waals surface area contributed by atoms with Crippen molar-refractivity contribution in [3.05, 3.63) is 23.8 Å². The molecule has 0 aliphatic heterocycles. The summed E-state index contributed by atoms with van der Waals surface area (Å²) in [6.07, 6.45) is -4.59. The Morgan fingerprint density at radius 2 is 1.87 bits per heavy atom. The smallest absolute Gasteiger partial charge is 0.418 e. The van der Waals surface area contributed by atoms with E-state index in [-0.39, 0.29) is 24.5 Å². The van der Waals surface area contributed by atoms with Crippen LogP contribution in [-0.4, -0.2) is 24.8 Å². The van der Waals surface area contributed by atoms with Gasteiger partial charge in [-0.25, -0.2) is 4.79 Å². The minimum Gasteiger partial charge on any atom is -0.444 e. The Morgan fingerprint density at radius 3 is 2.43 bits per heavy atom. The van der Waals surface area contributed by atoms with Crippen molar-refractivity contribution in [2.75, 3.05) is 24.1 Å². The first kappa shape index (κ1) is 18.9. The maximum atomic E-state index is 12.9. The van der Waals surface area contributed by atoms with Crippen molar-refractivity contribution in [2.24, 2.45) is 0 Å². The third-order valence-electron chi connectivity index (χ3n) is 2.69. The Kier molecular flexibility index (Phi) is 6.12. The number of nitrogens with one attached hydrogen (secondary N) is 2. The molecule has 1 aromatic rings. The first-order valence-electron chi connectivity index (χ1n) is 7.16. The zero-order valence-electron chi connectivity index (χ0n) is 13.4. The van der Waals surface area contributed by atoms with Crippen LogP contribution in [0.25, 0.3) is 0 Å². The lowest BCUT2D eigenvalue weighted by Crippen LogP contribution is -2.33. The van der Waals surface area contributed by atoms with Gasteiger partial charge in [-0.15, -0.1) is 0 Å². The number of nitrogens with two attached hydrogens (primary N) is 1. The van der Waals surface area contributed by atoms with Crippen molar-refractivity contribution in [3.63, 3.8) is 0 Å². The molecule has 0 radical (unpaired) electrons. The lowest BCUT2D eigenvalue weighted by atomic mass is 10.1. The van der Waals surface area contributed by atoms with Gasteiger partial charge < -0.3 is 21.1 Å². The van der Waals surface area contributed by atoms with Gasteiger partial charge in [-0.3, -0.25) is 0 Å². The summed E-state index contributed by atoms with van der Waals surface area (Å²) in [6, 6.07) is 3.58. The Hall–Kier alpha value is -2.12. The number of carbonyl (C=O) groups excluding carboxylic acids is 1. The fraction of sp³-hybridized carbons (Fsp3) is 0.533. The van der Waals surface area contributed by atoms with Gasteiger partial charge in [-0.05, 0) is 45.4 Å². The SMILES string of the molecule is CC(C)(C)OC(=O)NCCCNc1ccc(N)cc1C(F)(F)F. The van der Waals surface area contributed by atoms with Crippen molar-refractivity contribution in [1.29, 1.82) is 0 Å². The Labute approximate surface area is 133 Å².